The molecule has 1 aromatic heterocycles. The van der Waals surface area contributed by atoms with Crippen LogP contribution in [0.5, 0.6) is 11.5 Å². The molecule has 5 nitrogen and oxygen atoms in total. The maximum Gasteiger partial charge on any atom is 0.231 e. The van der Waals surface area contributed by atoms with E-state index in [2.05, 4.69) is 35.8 Å². The zero-order valence-corrected chi connectivity index (χ0v) is 13.1. The van der Waals surface area contributed by atoms with Gasteiger partial charge in [0.1, 0.15) is 5.82 Å². The minimum Gasteiger partial charge on any atom is -0.454 e. The quantitative estimate of drug-likeness (QED) is 0.804. The van der Waals surface area contributed by atoms with Crippen LogP contribution < -0.4 is 15.2 Å². The second-order valence-corrected chi connectivity index (χ2v) is 5.79. The summed E-state index contributed by atoms with van der Waals surface area (Å²) >= 11 is 0. The normalized spacial score (nSPS) is 13.0. The van der Waals surface area contributed by atoms with Gasteiger partial charge >= 0.3 is 0 Å². The molecular weight excluding hydrogens is 290 g/mol. The molecule has 2 aromatic carbocycles. The lowest BCUT2D eigenvalue weighted by molar-refractivity contribution is 0.174. The largest absolute Gasteiger partial charge is 0.454 e. The van der Waals surface area contributed by atoms with Crippen LogP contribution in [0.1, 0.15) is 12.0 Å². The molecule has 0 unspecified atom stereocenters. The van der Waals surface area contributed by atoms with Gasteiger partial charge in [0.25, 0.3) is 0 Å². The number of fused-ring (bicyclic) bond motifs is 2. The Bertz CT molecular complexity index is 853. The van der Waals surface area contributed by atoms with Gasteiger partial charge in [-0.15, -0.1) is 0 Å². The number of aryl methyl sites for hydroxylation is 2. The molecule has 0 fully saturated rings. The second kappa shape index (κ2) is 5.59. The van der Waals surface area contributed by atoms with Gasteiger partial charge in [0.2, 0.25) is 6.79 Å². The van der Waals surface area contributed by atoms with Gasteiger partial charge in [0.15, 0.2) is 11.5 Å². The highest BCUT2D eigenvalue weighted by molar-refractivity contribution is 5.84. The molecule has 3 aromatic rings. The van der Waals surface area contributed by atoms with E-state index in [1.165, 1.54) is 5.56 Å². The number of imidazole rings is 1. The Morgan fingerprint density at radius 1 is 1.13 bits per heavy atom. The average Bonchev–Trinajstić information content (AvgIpc) is 3.15. The number of nitrogens with zero attached hydrogens (tertiary/aromatic N) is 2. The van der Waals surface area contributed by atoms with Gasteiger partial charge in [-0.2, -0.15) is 0 Å². The van der Waals surface area contributed by atoms with E-state index in [0.29, 0.717) is 6.54 Å². The van der Waals surface area contributed by atoms with Gasteiger partial charge in [-0.05, 0) is 19.9 Å². The van der Waals surface area contributed by atoms with E-state index >= 15 is 0 Å². The average molecular weight is 309 g/mol. The number of ether oxygens (including phenoxy) is 2. The lowest BCUT2D eigenvalue weighted by Crippen LogP contribution is -2.07. The van der Waals surface area contributed by atoms with Crippen molar-refractivity contribution in [3.05, 3.63) is 42.0 Å². The molecule has 0 spiro atoms. The summed E-state index contributed by atoms with van der Waals surface area (Å²) in [5.74, 6) is 2.50. The number of hydrogen-bond acceptors (Lipinski definition) is 4. The second-order valence-electron chi connectivity index (χ2n) is 5.79. The Morgan fingerprint density at radius 2 is 1.87 bits per heavy atom. The summed E-state index contributed by atoms with van der Waals surface area (Å²) in [7, 11) is 0. The number of nitrogens with two attached hydrogens (primary N) is 1. The first-order chi connectivity index (χ1) is 11.3. The first-order valence-corrected chi connectivity index (χ1v) is 7.83. The van der Waals surface area contributed by atoms with Crippen molar-refractivity contribution in [1.29, 1.82) is 0 Å². The molecule has 4 rings (SSSR count). The molecule has 23 heavy (non-hydrogen) atoms. The third-order valence-corrected chi connectivity index (χ3v) is 4.14. The van der Waals surface area contributed by atoms with Crippen molar-refractivity contribution in [3.8, 4) is 22.9 Å². The standard InChI is InChI=1S/C18H19N3O2/c1-12-3-5-13(6-4-12)18-20-14-9-16-17(23-11-22-16)10-15(14)21(18)8-2-7-19/h3-6,9-10H,2,7-8,11,19H2,1H3. The van der Waals surface area contributed by atoms with E-state index in [9.17, 15) is 0 Å². The molecule has 1 aliphatic rings. The summed E-state index contributed by atoms with van der Waals surface area (Å²) in [6.45, 7) is 3.84. The number of hydrogen-bond donors (Lipinski definition) is 1. The fraction of sp³-hybridized carbons (Fsp3) is 0.278. The maximum atomic E-state index is 5.71. The highest BCUT2D eigenvalue weighted by Gasteiger charge is 2.19. The highest BCUT2D eigenvalue weighted by atomic mass is 16.7. The van der Waals surface area contributed by atoms with Crippen LogP contribution in [0.2, 0.25) is 0 Å². The number of aromatic nitrogens is 2. The van der Waals surface area contributed by atoms with Crippen molar-refractivity contribution >= 4 is 11.0 Å². The van der Waals surface area contributed by atoms with E-state index in [1.54, 1.807) is 0 Å². The number of benzene rings is 2. The van der Waals surface area contributed by atoms with Gasteiger partial charge in [-0.1, -0.05) is 29.8 Å². The smallest absolute Gasteiger partial charge is 0.231 e. The molecule has 0 saturated carbocycles. The highest BCUT2D eigenvalue weighted by Crippen LogP contribution is 2.37. The molecular formula is C18H19N3O2. The van der Waals surface area contributed by atoms with Crippen molar-refractivity contribution in [2.24, 2.45) is 5.73 Å². The minimum absolute atomic E-state index is 0.273. The summed E-state index contributed by atoms with van der Waals surface area (Å²) in [6, 6.07) is 12.4. The molecule has 2 heterocycles. The van der Waals surface area contributed by atoms with Gasteiger partial charge in [0, 0.05) is 24.2 Å². The van der Waals surface area contributed by atoms with Gasteiger partial charge in [-0.25, -0.2) is 4.98 Å². The van der Waals surface area contributed by atoms with Crippen LogP contribution in [0.4, 0.5) is 0 Å². The minimum atomic E-state index is 0.273. The van der Waals surface area contributed by atoms with E-state index in [0.717, 1.165) is 46.9 Å². The van der Waals surface area contributed by atoms with Gasteiger partial charge < -0.3 is 19.8 Å². The zero-order chi connectivity index (χ0) is 15.8. The SMILES string of the molecule is Cc1ccc(-c2nc3cc4c(cc3n2CCCN)OCO4)cc1. The summed E-state index contributed by atoms with van der Waals surface area (Å²) in [5, 5.41) is 0. The summed E-state index contributed by atoms with van der Waals surface area (Å²) in [6.07, 6.45) is 0.902. The van der Waals surface area contributed by atoms with Crippen LogP contribution in [0.3, 0.4) is 0 Å². The predicted octanol–water partition coefficient (Wildman–Crippen LogP) is 3.09. The number of rotatable bonds is 4. The van der Waals surface area contributed by atoms with Crippen LogP contribution in [-0.2, 0) is 6.54 Å². The molecule has 2 N–H and O–H groups in total. The van der Waals surface area contributed by atoms with Crippen molar-refractivity contribution in [1.82, 2.24) is 9.55 Å². The molecule has 1 aliphatic heterocycles. The summed E-state index contributed by atoms with van der Waals surface area (Å²) in [4.78, 5) is 4.83. The van der Waals surface area contributed by atoms with Crippen molar-refractivity contribution in [2.45, 2.75) is 19.9 Å². The van der Waals surface area contributed by atoms with Crippen molar-refractivity contribution in [2.75, 3.05) is 13.3 Å². The molecule has 0 bridgehead atoms. The lowest BCUT2D eigenvalue weighted by atomic mass is 10.1. The Kier molecular flexibility index (Phi) is 3.42. The summed E-state index contributed by atoms with van der Waals surface area (Å²) < 4.78 is 13.2. The molecule has 5 heteroatoms. The van der Waals surface area contributed by atoms with Crippen LogP contribution in [0.25, 0.3) is 22.4 Å². The molecule has 0 radical (unpaired) electrons. The van der Waals surface area contributed by atoms with Gasteiger partial charge in [0.05, 0.1) is 11.0 Å². The Balaban J connectivity index is 1.89. The Hall–Kier alpha value is -2.53. The van der Waals surface area contributed by atoms with E-state index in [-0.39, 0.29) is 6.79 Å². The van der Waals surface area contributed by atoms with Crippen LogP contribution in [0, 0.1) is 6.92 Å². The fourth-order valence-corrected chi connectivity index (χ4v) is 2.91. The van der Waals surface area contributed by atoms with E-state index < -0.39 is 0 Å². The molecule has 118 valence electrons. The topological polar surface area (TPSA) is 62.3 Å². The zero-order valence-electron chi connectivity index (χ0n) is 13.1. The van der Waals surface area contributed by atoms with Gasteiger partial charge in [-0.3, -0.25) is 0 Å². The molecule has 0 amide bonds. The fourth-order valence-electron chi connectivity index (χ4n) is 2.91. The molecule has 0 aliphatic carbocycles. The van der Waals surface area contributed by atoms with E-state index in [4.69, 9.17) is 20.2 Å². The first-order valence-electron chi connectivity index (χ1n) is 7.83. The summed E-state index contributed by atoms with van der Waals surface area (Å²) in [5.41, 5.74) is 10.0. The predicted molar refractivity (Wildman–Crippen MR) is 89.7 cm³/mol. The Morgan fingerprint density at radius 3 is 2.61 bits per heavy atom. The third kappa shape index (κ3) is 2.43. The van der Waals surface area contributed by atoms with Crippen molar-refractivity contribution < 1.29 is 9.47 Å². The monoisotopic (exact) mass is 309 g/mol. The third-order valence-electron chi connectivity index (χ3n) is 4.14. The van der Waals surface area contributed by atoms with E-state index in [1.807, 2.05) is 12.1 Å². The van der Waals surface area contributed by atoms with Crippen LogP contribution in [-0.4, -0.2) is 22.9 Å². The van der Waals surface area contributed by atoms with Crippen molar-refractivity contribution in [3.63, 3.8) is 0 Å². The Labute approximate surface area is 134 Å². The first kappa shape index (κ1) is 14.1. The molecule has 0 saturated heterocycles. The van der Waals surface area contributed by atoms with Crippen LogP contribution >= 0.6 is 0 Å². The lowest BCUT2D eigenvalue weighted by Gasteiger charge is -2.09. The molecule has 0 atom stereocenters. The maximum absolute atomic E-state index is 5.71. The van der Waals surface area contributed by atoms with Crippen LogP contribution in [0.15, 0.2) is 36.4 Å².